The van der Waals surface area contributed by atoms with Gasteiger partial charge >= 0.3 is 0 Å². The van der Waals surface area contributed by atoms with E-state index < -0.39 is 0 Å². The molecule has 1 aliphatic rings. The molecule has 2 rings (SSSR count). The van der Waals surface area contributed by atoms with Gasteiger partial charge in [0.25, 0.3) is 0 Å². The van der Waals surface area contributed by atoms with Crippen molar-refractivity contribution in [2.24, 2.45) is 0 Å². The maximum atomic E-state index is 5.87. The molecule has 1 aromatic carbocycles. The van der Waals surface area contributed by atoms with Crippen LogP contribution >= 0.6 is 11.6 Å². The van der Waals surface area contributed by atoms with Crippen molar-refractivity contribution in [3.05, 3.63) is 29.8 Å². The van der Waals surface area contributed by atoms with Crippen LogP contribution in [0.1, 0.15) is 18.4 Å². The molecule has 2 atom stereocenters. The number of alkyl halides is 1. The Morgan fingerprint density at radius 2 is 2.33 bits per heavy atom. The first-order valence-electron chi connectivity index (χ1n) is 5.34. The molecule has 0 fully saturated rings. The molecule has 0 saturated carbocycles. The Bertz CT molecular complexity index is 327. The summed E-state index contributed by atoms with van der Waals surface area (Å²) in [6.07, 6.45) is 0. The van der Waals surface area contributed by atoms with Crippen LogP contribution in [0.4, 0.5) is 0 Å². The topological polar surface area (TPSA) is 21.3 Å². The van der Waals surface area contributed by atoms with E-state index in [1.165, 1.54) is 5.56 Å². The highest BCUT2D eigenvalue weighted by Gasteiger charge is 2.22. The second-order valence-electron chi connectivity index (χ2n) is 3.98. The average molecular weight is 226 g/mol. The van der Waals surface area contributed by atoms with E-state index in [-0.39, 0.29) is 5.38 Å². The maximum Gasteiger partial charge on any atom is 0.122 e. The molecular formula is C12H16ClNO. The smallest absolute Gasteiger partial charge is 0.122 e. The van der Waals surface area contributed by atoms with Gasteiger partial charge in [0.1, 0.15) is 5.75 Å². The Morgan fingerprint density at radius 1 is 1.53 bits per heavy atom. The van der Waals surface area contributed by atoms with Crippen LogP contribution < -0.4 is 10.1 Å². The summed E-state index contributed by atoms with van der Waals surface area (Å²) < 4.78 is 5.60. The molecule has 1 N–H and O–H groups in total. The summed E-state index contributed by atoms with van der Waals surface area (Å²) in [4.78, 5) is 0. The minimum absolute atomic E-state index is 0.183. The largest absolute Gasteiger partial charge is 0.493 e. The predicted molar refractivity (Wildman–Crippen MR) is 62.9 cm³/mol. The highest BCUT2D eigenvalue weighted by atomic mass is 35.5. The van der Waals surface area contributed by atoms with Crippen LogP contribution in [0.2, 0.25) is 0 Å². The Hall–Kier alpha value is -0.730. The normalized spacial score (nSPS) is 20.8. The van der Waals surface area contributed by atoms with Crippen LogP contribution in [0.5, 0.6) is 5.75 Å². The molecule has 1 aliphatic heterocycles. The van der Waals surface area contributed by atoms with Crippen molar-refractivity contribution in [3.63, 3.8) is 0 Å². The second kappa shape index (κ2) is 4.86. The molecule has 1 aromatic rings. The van der Waals surface area contributed by atoms with E-state index in [2.05, 4.69) is 17.4 Å². The van der Waals surface area contributed by atoms with Crippen LogP contribution in [0.15, 0.2) is 24.3 Å². The van der Waals surface area contributed by atoms with Gasteiger partial charge < -0.3 is 10.1 Å². The monoisotopic (exact) mass is 225 g/mol. The number of hydrogen-bond acceptors (Lipinski definition) is 2. The van der Waals surface area contributed by atoms with Crippen LogP contribution in [-0.2, 0) is 0 Å². The van der Waals surface area contributed by atoms with Crippen molar-refractivity contribution in [3.8, 4) is 5.75 Å². The van der Waals surface area contributed by atoms with Gasteiger partial charge in [0.05, 0.1) is 6.61 Å². The lowest BCUT2D eigenvalue weighted by Gasteiger charge is -2.11. The maximum absolute atomic E-state index is 5.87. The van der Waals surface area contributed by atoms with Crippen molar-refractivity contribution in [2.45, 2.75) is 18.2 Å². The predicted octanol–water partition coefficient (Wildman–Crippen LogP) is 2.38. The van der Waals surface area contributed by atoms with Gasteiger partial charge in [-0.05, 0) is 13.0 Å². The fraction of sp³-hybridized carbons (Fsp3) is 0.500. The van der Waals surface area contributed by atoms with E-state index in [4.69, 9.17) is 16.3 Å². The zero-order valence-electron chi connectivity index (χ0n) is 8.87. The van der Waals surface area contributed by atoms with Crippen molar-refractivity contribution in [2.75, 3.05) is 19.7 Å². The SMILES string of the molecule is CC(Cl)CNCC1COc2ccccc21. The lowest BCUT2D eigenvalue weighted by molar-refractivity contribution is 0.326. The molecule has 3 heteroatoms. The number of para-hydroxylation sites is 1. The summed E-state index contributed by atoms with van der Waals surface area (Å²) in [5.41, 5.74) is 1.31. The Morgan fingerprint density at radius 3 is 3.13 bits per heavy atom. The summed E-state index contributed by atoms with van der Waals surface area (Å²) in [6.45, 7) is 4.56. The number of nitrogens with one attached hydrogen (secondary N) is 1. The molecule has 0 spiro atoms. The van der Waals surface area contributed by atoms with Gasteiger partial charge in [-0.3, -0.25) is 0 Å². The molecule has 0 saturated heterocycles. The molecule has 2 unspecified atom stereocenters. The van der Waals surface area contributed by atoms with E-state index >= 15 is 0 Å². The molecular weight excluding hydrogens is 210 g/mol. The van der Waals surface area contributed by atoms with Crippen LogP contribution in [0, 0.1) is 0 Å². The number of benzene rings is 1. The number of rotatable bonds is 4. The first-order valence-corrected chi connectivity index (χ1v) is 5.77. The quantitative estimate of drug-likeness (QED) is 0.795. The summed E-state index contributed by atoms with van der Waals surface area (Å²) in [5.74, 6) is 1.50. The zero-order valence-corrected chi connectivity index (χ0v) is 9.63. The molecule has 15 heavy (non-hydrogen) atoms. The van der Waals surface area contributed by atoms with Crippen molar-refractivity contribution >= 4 is 11.6 Å². The van der Waals surface area contributed by atoms with Gasteiger partial charge in [0.15, 0.2) is 0 Å². The third-order valence-electron chi connectivity index (χ3n) is 2.62. The fourth-order valence-electron chi connectivity index (χ4n) is 1.85. The number of fused-ring (bicyclic) bond motifs is 1. The summed E-state index contributed by atoms with van der Waals surface area (Å²) in [5, 5.41) is 3.54. The third-order valence-corrected chi connectivity index (χ3v) is 2.77. The highest BCUT2D eigenvalue weighted by Crippen LogP contribution is 2.32. The van der Waals surface area contributed by atoms with Gasteiger partial charge in [0.2, 0.25) is 0 Å². The molecule has 2 nitrogen and oxygen atoms in total. The highest BCUT2D eigenvalue weighted by molar-refractivity contribution is 6.20. The van der Waals surface area contributed by atoms with Gasteiger partial charge in [-0.15, -0.1) is 11.6 Å². The van der Waals surface area contributed by atoms with E-state index in [0.29, 0.717) is 5.92 Å². The van der Waals surface area contributed by atoms with Gasteiger partial charge in [-0.2, -0.15) is 0 Å². The van der Waals surface area contributed by atoms with Gasteiger partial charge in [-0.1, -0.05) is 18.2 Å². The van der Waals surface area contributed by atoms with Gasteiger partial charge in [-0.25, -0.2) is 0 Å². The molecule has 0 aromatic heterocycles. The summed E-state index contributed by atoms with van der Waals surface area (Å²) >= 11 is 5.87. The fourth-order valence-corrected chi connectivity index (χ4v) is 1.96. The van der Waals surface area contributed by atoms with Crippen LogP contribution in [-0.4, -0.2) is 25.1 Å². The molecule has 0 amide bonds. The zero-order chi connectivity index (χ0) is 10.7. The van der Waals surface area contributed by atoms with Crippen molar-refractivity contribution in [1.29, 1.82) is 0 Å². The van der Waals surface area contributed by atoms with E-state index in [0.717, 1.165) is 25.4 Å². The lowest BCUT2D eigenvalue weighted by atomic mass is 10.0. The van der Waals surface area contributed by atoms with Crippen molar-refractivity contribution in [1.82, 2.24) is 5.32 Å². The standard InChI is InChI=1S/C12H16ClNO/c1-9(13)6-14-7-10-8-15-12-5-3-2-4-11(10)12/h2-5,9-10,14H,6-8H2,1H3. The van der Waals surface area contributed by atoms with E-state index in [9.17, 15) is 0 Å². The molecule has 82 valence electrons. The third kappa shape index (κ3) is 2.64. The Kier molecular flexibility index (Phi) is 3.49. The molecule has 0 bridgehead atoms. The van der Waals surface area contributed by atoms with Gasteiger partial charge in [0, 0.05) is 29.9 Å². The molecule has 0 radical (unpaired) electrons. The molecule has 0 aliphatic carbocycles. The van der Waals surface area contributed by atoms with E-state index in [1.54, 1.807) is 0 Å². The minimum Gasteiger partial charge on any atom is -0.493 e. The summed E-state index contributed by atoms with van der Waals surface area (Å²) in [7, 11) is 0. The average Bonchev–Trinajstić information content (AvgIpc) is 2.62. The summed E-state index contributed by atoms with van der Waals surface area (Å²) in [6, 6.07) is 8.23. The number of ether oxygens (including phenoxy) is 1. The first-order chi connectivity index (χ1) is 7.27. The minimum atomic E-state index is 0.183. The lowest BCUT2D eigenvalue weighted by Crippen LogP contribution is -2.27. The second-order valence-corrected chi connectivity index (χ2v) is 4.73. The Balaban J connectivity index is 1.90. The Labute approximate surface area is 95.6 Å². The van der Waals surface area contributed by atoms with Crippen LogP contribution in [0.25, 0.3) is 0 Å². The first kappa shape index (κ1) is 10.8. The number of halogens is 1. The van der Waals surface area contributed by atoms with E-state index in [1.807, 2.05) is 19.1 Å². The van der Waals surface area contributed by atoms with Crippen LogP contribution in [0.3, 0.4) is 0 Å². The molecule has 1 heterocycles. The van der Waals surface area contributed by atoms with Crippen molar-refractivity contribution < 1.29 is 4.74 Å². The number of hydrogen-bond donors (Lipinski definition) is 1.